The van der Waals surface area contributed by atoms with E-state index in [0.29, 0.717) is 30.2 Å². The van der Waals surface area contributed by atoms with Crippen LogP contribution in [0.1, 0.15) is 33.3 Å². The van der Waals surface area contributed by atoms with Crippen LogP contribution in [0.2, 0.25) is 0 Å². The summed E-state index contributed by atoms with van der Waals surface area (Å²) in [5.74, 6) is -1.11. The number of amides is 2. The molecule has 0 fully saturated rings. The maximum absolute atomic E-state index is 12.5. The fourth-order valence-corrected chi connectivity index (χ4v) is 3.58. The molecule has 0 spiro atoms. The van der Waals surface area contributed by atoms with Gasteiger partial charge in [0.05, 0.1) is 22.8 Å². The summed E-state index contributed by atoms with van der Waals surface area (Å²) in [5.41, 5.74) is 1.64. The first-order valence-corrected chi connectivity index (χ1v) is 10.9. The lowest BCUT2D eigenvalue weighted by atomic mass is 10.2. The van der Waals surface area contributed by atoms with E-state index >= 15 is 0 Å². The molecule has 9 heteroatoms. The number of anilines is 1. The average Bonchev–Trinajstić information content (AvgIpc) is 2.78. The van der Waals surface area contributed by atoms with E-state index in [4.69, 9.17) is 4.74 Å². The van der Waals surface area contributed by atoms with Crippen LogP contribution in [-0.2, 0) is 21.4 Å². The first-order valence-electron chi connectivity index (χ1n) is 9.45. The second-order valence-electron chi connectivity index (χ2n) is 6.45. The number of carbonyl (C=O) groups is 2. The monoisotopic (exact) mass is 439 g/mol. The largest absolute Gasteiger partial charge is 0.375 e. The molecule has 160 valence electrons. The highest BCUT2D eigenvalue weighted by atomic mass is 32.2. The van der Waals surface area contributed by atoms with E-state index in [0.717, 1.165) is 0 Å². The second-order valence-corrected chi connectivity index (χ2v) is 8.14. The Balaban J connectivity index is 1.64. The summed E-state index contributed by atoms with van der Waals surface area (Å²) >= 11 is 0. The number of carbonyl (C=O) groups excluding carboxylic acids is 2. The summed E-state index contributed by atoms with van der Waals surface area (Å²) in [7, 11) is -4.09. The van der Waals surface area contributed by atoms with Crippen molar-refractivity contribution in [3.63, 3.8) is 0 Å². The van der Waals surface area contributed by atoms with Gasteiger partial charge in [-0.3, -0.25) is 14.6 Å². The fraction of sp³-hybridized carbons (Fsp3) is 0.136. The SMILES string of the molecule is CCOCc1ccc(C(=O)NS(=O)(=O)c2ccc(NC(=O)c3ccccc3)cc2)cn1. The van der Waals surface area contributed by atoms with Crippen molar-refractivity contribution in [3.05, 3.63) is 89.7 Å². The van der Waals surface area contributed by atoms with E-state index in [1.807, 2.05) is 11.6 Å². The van der Waals surface area contributed by atoms with Crippen molar-refractivity contribution in [2.75, 3.05) is 11.9 Å². The minimum atomic E-state index is -4.09. The molecule has 0 aliphatic rings. The standard InChI is InChI=1S/C22H21N3O5S/c1-2-30-15-19-9-8-17(14-23-19)22(27)25-31(28,29)20-12-10-18(11-13-20)24-21(26)16-6-4-3-5-7-16/h3-14H,2,15H2,1H3,(H,24,26)(H,25,27). The van der Waals surface area contributed by atoms with Crippen molar-refractivity contribution in [2.24, 2.45) is 0 Å². The van der Waals surface area contributed by atoms with Crippen LogP contribution in [0.5, 0.6) is 0 Å². The molecule has 0 aliphatic heterocycles. The van der Waals surface area contributed by atoms with Gasteiger partial charge in [0.1, 0.15) is 0 Å². The molecule has 0 unspecified atom stereocenters. The van der Waals surface area contributed by atoms with Crippen molar-refractivity contribution in [1.29, 1.82) is 0 Å². The highest BCUT2D eigenvalue weighted by Gasteiger charge is 2.19. The molecule has 0 aliphatic carbocycles. The lowest BCUT2D eigenvalue weighted by Crippen LogP contribution is -2.30. The van der Waals surface area contributed by atoms with Gasteiger partial charge in [-0.05, 0) is 55.5 Å². The number of hydrogen-bond donors (Lipinski definition) is 2. The summed E-state index contributed by atoms with van der Waals surface area (Å²) in [6.07, 6.45) is 1.29. The van der Waals surface area contributed by atoms with Crippen LogP contribution < -0.4 is 10.0 Å². The lowest BCUT2D eigenvalue weighted by molar-refractivity contribution is 0.0979. The van der Waals surface area contributed by atoms with Crippen molar-refractivity contribution in [2.45, 2.75) is 18.4 Å². The predicted octanol–water partition coefficient (Wildman–Crippen LogP) is 2.99. The van der Waals surface area contributed by atoms with Gasteiger partial charge in [0.15, 0.2) is 0 Å². The minimum Gasteiger partial charge on any atom is -0.375 e. The molecule has 3 rings (SSSR count). The highest BCUT2D eigenvalue weighted by Crippen LogP contribution is 2.15. The Labute approximate surface area is 180 Å². The van der Waals surface area contributed by atoms with Crippen LogP contribution in [0.25, 0.3) is 0 Å². The van der Waals surface area contributed by atoms with Crippen LogP contribution >= 0.6 is 0 Å². The van der Waals surface area contributed by atoms with Crippen LogP contribution in [0.4, 0.5) is 5.69 Å². The predicted molar refractivity (Wildman–Crippen MR) is 115 cm³/mol. The van der Waals surface area contributed by atoms with Crippen molar-refractivity contribution >= 4 is 27.5 Å². The van der Waals surface area contributed by atoms with Gasteiger partial charge in [0.2, 0.25) is 0 Å². The number of sulfonamides is 1. The van der Waals surface area contributed by atoms with Crippen LogP contribution in [0.3, 0.4) is 0 Å². The first kappa shape index (κ1) is 22.1. The Morgan fingerprint density at radius 2 is 1.61 bits per heavy atom. The van der Waals surface area contributed by atoms with E-state index in [9.17, 15) is 18.0 Å². The van der Waals surface area contributed by atoms with E-state index in [1.165, 1.54) is 36.5 Å². The van der Waals surface area contributed by atoms with Crippen LogP contribution in [-0.4, -0.2) is 31.8 Å². The van der Waals surface area contributed by atoms with E-state index in [1.54, 1.807) is 36.4 Å². The molecule has 8 nitrogen and oxygen atoms in total. The number of benzene rings is 2. The van der Waals surface area contributed by atoms with Gasteiger partial charge in [0, 0.05) is 24.1 Å². The topological polar surface area (TPSA) is 114 Å². The third kappa shape index (κ3) is 5.97. The van der Waals surface area contributed by atoms with E-state index in [2.05, 4.69) is 10.3 Å². The van der Waals surface area contributed by atoms with Crippen molar-refractivity contribution in [1.82, 2.24) is 9.71 Å². The van der Waals surface area contributed by atoms with Crippen molar-refractivity contribution in [3.8, 4) is 0 Å². The maximum Gasteiger partial charge on any atom is 0.266 e. The molecule has 0 saturated heterocycles. The Morgan fingerprint density at radius 1 is 0.903 bits per heavy atom. The smallest absolute Gasteiger partial charge is 0.266 e. The fourth-order valence-electron chi connectivity index (χ4n) is 2.60. The molecule has 2 aromatic carbocycles. The molecule has 0 atom stereocenters. The molecule has 1 aromatic heterocycles. The molecular weight excluding hydrogens is 418 g/mol. The number of rotatable bonds is 8. The van der Waals surface area contributed by atoms with Gasteiger partial charge in [-0.15, -0.1) is 0 Å². The zero-order valence-electron chi connectivity index (χ0n) is 16.7. The summed E-state index contributed by atoms with van der Waals surface area (Å²) < 4.78 is 32.3. The molecule has 0 bridgehead atoms. The Hall–Kier alpha value is -3.56. The highest BCUT2D eigenvalue weighted by molar-refractivity contribution is 7.90. The molecule has 31 heavy (non-hydrogen) atoms. The Morgan fingerprint density at radius 3 is 2.23 bits per heavy atom. The normalized spacial score (nSPS) is 11.0. The van der Waals surface area contributed by atoms with Crippen molar-refractivity contribution < 1.29 is 22.7 Å². The maximum atomic E-state index is 12.5. The third-order valence-electron chi connectivity index (χ3n) is 4.23. The number of ether oxygens (including phenoxy) is 1. The summed E-state index contributed by atoms with van der Waals surface area (Å²) in [6, 6.07) is 17.2. The van der Waals surface area contributed by atoms with Crippen LogP contribution in [0, 0.1) is 0 Å². The molecule has 2 amide bonds. The van der Waals surface area contributed by atoms with Gasteiger partial charge >= 0.3 is 0 Å². The molecule has 2 N–H and O–H groups in total. The Bertz CT molecular complexity index is 1150. The molecule has 0 radical (unpaired) electrons. The quantitative estimate of drug-likeness (QED) is 0.558. The zero-order chi connectivity index (χ0) is 22.3. The molecule has 1 heterocycles. The second kappa shape index (κ2) is 9.96. The molecule has 0 saturated carbocycles. The number of aromatic nitrogens is 1. The van der Waals surface area contributed by atoms with Crippen LogP contribution in [0.15, 0.2) is 77.8 Å². The molecule has 3 aromatic rings. The number of hydrogen-bond acceptors (Lipinski definition) is 6. The van der Waals surface area contributed by atoms with E-state index < -0.39 is 15.9 Å². The summed E-state index contributed by atoms with van der Waals surface area (Å²) in [6.45, 7) is 2.71. The van der Waals surface area contributed by atoms with Gasteiger partial charge < -0.3 is 10.1 Å². The summed E-state index contributed by atoms with van der Waals surface area (Å²) in [5, 5.41) is 2.68. The Kier molecular flexibility index (Phi) is 7.11. The van der Waals surface area contributed by atoms with E-state index in [-0.39, 0.29) is 16.4 Å². The minimum absolute atomic E-state index is 0.107. The zero-order valence-corrected chi connectivity index (χ0v) is 17.6. The number of pyridine rings is 1. The third-order valence-corrected chi connectivity index (χ3v) is 5.57. The summed E-state index contributed by atoms with van der Waals surface area (Å²) in [4.78, 5) is 28.5. The lowest BCUT2D eigenvalue weighted by Gasteiger charge is -2.09. The van der Waals surface area contributed by atoms with Gasteiger partial charge in [0.25, 0.3) is 21.8 Å². The van der Waals surface area contributed by atoms with Gasteiger partial charge in [-0.1, -0.05) is 18.2 Å². The number of nitrogens with zero attached hydrogens (tertiary/aromatic N) is 1. The van der Waals surface area contributed by atoms with Gasteiger partial charge in [-0.25, -0.2) is 13.1 Å². The first-order chi connectivity index (χ1) is 14.9. The number of nitrogens with one attached hydrogen (secondary N) is 2. The molecular formula is C22H21N3O5S. The average molecular weight is 439 g/mol. The van der Waals surface area contributed by atoms with Gasteiger partial charge in [-0.2, -0.15) is 0 Å².